The van der Waals surface area contributed by atoms with Gasteiger partial charge in [-0.2, -0.15) is 0 Å². The quantitative estimate of drug-likeness (QED) is 0.647. The number of rotatable bonds is 7. The Balaban J connectivity index is 1.72. The van der Waals surface area contributed by atoms with E-state index in [-0.39, 0.29) is 18.5 Å². The van der Waals surface area contributed by atoms with Gasteiger partial charge in [-0.1, -0.05) is 48.0 Å². The van der Waals surface area contributed by atoms with Gasteiger partial charge in [0.1, 0.15) is 5.75 Å². The summed E-state index contributed by atoms with van der Waals surface area (Å²) in [6.07, 6.45) is 1.74. The van der Waals surface area contributed by atoms with Crippen LogP contribution in [0, 0.1) is 0 Å². The Morgan fingerprint density at radius 2 is 1.89 bits per heavy atom. The van der Waals surface area contributed by atoms with Crippen LogP contribution in [-0.2, 0) is 4.79 Å². The van der Waals surface area contributed by atoms with Crippen molar-refractivity contribution in [2.24, 2.45) is 0 Å². The van der Waals surface area contributed by atoms with Crippen molar-refractivity contribution in [3.8, 4) is 5.75 Å². The lowest BCUT2D eigenvalue weighted by atomic mass is 10.0. The number of carbonyl (C=O) groups excluding carboxylic acids is 1. The second-order valence-corrected chi connectivity index (χ2v) is 6.31. The topological polar surface area (TPSA) is 63.2 Å². The Kier molecular flexibility index (Phi) is 6.41. The van der Waals surface area contributed by atoms with Crippen molar-refractivity contribution < 1.29 is 9.53 Å². The van der Waals surface area contributed by atoms with Gasteiger partial charge in [0.25, 0.3) is 0 Å². The van der Waals surface area contributed by atoms with Crippen molar-refractivity contribution in [1.29, 1.82) is 0 Å². The van der Waals surface area contributed by atoms with E-state index >= 15 is 0 Å². The largest absolute Gasteiger partial charge is 0.495 e. The van der Waals surface area contributed by atoms with E-state index in [0.29, 0.717) is 16.5 Å². The molecule has 0 aliphatic rings. The third-order valence-corrected chi connectivity index (χ3v) is 4.25. The molecular weight excluding hydrogens is 362 g/mol. The zero-order valence-electron chi connectivity index (χ0n) is 14.9. The zero-order valence-corrected chi connectivity index (χ0v) is 15.6. The standard InChI is InChI=1S/C21H20ClN3O2/c1-27-19-11-10-16(22)13-18(19)25-20(26)14-24-21(15-7-3-2-4-8-15)17-9-5-6-12-23-17/h2-13,21,24H,14H2,1H3,(H,25,26). The van der Waals surface area contributed by atoms with Gasteiger partial charge in [-0.3, -0.25) is 15.1 Å². The van der Waals surface area contributed by atoms with Crippen LogP contribution in [0.3, 0.4) is 0 Å². The van der Waals surface area contributed by atoms with Crippen molar-refractivity contribution >= 4 is 23.2 Å². The fourth-order valence-electron chi connectivity index (χ4n) is 2.75. The Hall–Kier alpha value is -2.89. The minimum Gasteiger partial charge on any atom is -0.495 e. The van der Waals surface area contributed by atoms with Crippen LogP contribution in [0.5, 0.6) is 5.75 Å². The number of aromatic nitrogens is 1. The number of carbonyl (C=O) groups is 1. The second kappa shape index (κ2) is 9.16. The van der Waals surface area contributed by atoms with Gasteiger partial charge in [-0.15, -0.1) is 0 Å². The van der Waals surface area contributed by atoms with Crippen LogP contribution in [0.4, 0.5) is 5.69 Å². The molecule has 2 N–H and O–H groups in total. The van der Waals surface area contributed by atoms with Gasteiger partial charge in [0.2, 0.25) is 5.91 Å². The first kappa shape index (κ1) is 18.9. The fraction of sp³-hybridized carbons (Fsp3) is 0.143. The predicted octanol–water partition coefficient (Wildman–Crippen LogP) is 4.06. The van der Waals surface area contributed by atoms with Crippen LogP contribution in [0.15, 0.2) is 72.9 Å². The molecule has 0 saturated heterocycles. The highest BCUT2D eigenvalue weighted by Crippen LogP contribution is 2.27. The molecule has 3 aromatic rings. The highest BCUT2D eigenvalue weighted by Gasteiger charge is 2.16. The molecule has 0 saturated carbocycles. The Bertz CT molecular complexity index is 849. The van der Waals surface area contributed by atoms with Crippen molar-refractivity contribution in [3.63, 3.8) is 0 Å². The molecule has 0 spiro atoms. The third-order valence-electron chi connectivity index (χ3n) is 4.02. The molecule has 6 heteroatoms. The number of anilines is 1. The first-order valence-electron chi connectivity index (χ1n) is 8.50. The SMILES string of the molecule is COc1ccc(Cl)cc1NC(=O)CNC(c1ccccc1)c1ccccn1. The molecule has 0 radical (unpaired) electrons. The summed E-state index contributed by atoms with van der Waals surface area (Å²) >= 11 is 6.01. The normalized spacial score (nSPS) is 11.6. The molecule has 1 aromatic heterocycles. The third kappa shape index (κ3) is 5.06. The number of hydrogen-bond acceptors (Lipinski definition) is 4. The lowest BCUT2D eigenvalue weighted by Gasteiger charge is -2.19. The number of nitrogens with zero attached hydrogens (tertiary/aromatic N) is 1. The number of hydrogen-bond donors (Lipinski definition) is 2. The molecular formula is C21H20ClN3O2. The molecule has 0 bridgehead atoms. The number of halogens is 1. The van der Waals surface area contributed by atoms with Gasteiger partial charge >= 0.3 is 0 Å². The maximum Gasteiger partial charge on any atom is 0.238 e. The monoisotopic (exact) mass is 381 g/mol. The number of pyridine rings is 1. The van der Waals surface area contributed by atoms with Gasteiger partial charge in [0, 0.05) is 11.2 Å². The first-order valence-corrected chi connectivity index (χ1v) is 8.88. The van der Waals surface area contributed by atoms with Crippen LogP contribution >= 0.6 is 11.6 Å². The summed E-state index contributed by atoms with van der Waals surface area (Å²) < 4.78 is 5.26. The van der Waals surface area contributed by atoms with Crippen molar-refractivity contribution in [3.05, 3.63) is 89.2 Å². The van der Waals surface area contributed by atoms with Gasteiger partial charge in [0.05, 0.1) is 31.1 Å². The van der Waals surface area contributed by atoms with E-state index in [1.165, 1.54) is 0 Å². The Labute approximate surface area is 163 Å². The molecule has 138 valence electrons. The van der Waals surface area contributed by atoms with Crippen molar-refractivity contribution in [2.45, 2.75) is 6.04 Å². The first-order chi connectivity index (χ1) is 13.2. The summed E-state index contributed by atoms with van der Waals surface area (Å²) in [5.41, 5.74) is 2.41. The smallest absolute Gasteiger partial charge is 0.238 e. The van der Waals surface area contributed by atoms with E-state index in [1.54, 1.807) is 31.5 Å². The van der Waals surface area contributed by atoms with Gasteiger partial charge in [-0.25, -0.2) is 0 Å². The van der Waals surface area contributed by atoms with Crippen LogP contribution < -0.4 is 15.4 Å². The summed E-state index contributed by atoms with van der Waals surface area (Å²) in [7, 11) is 1.55. The van der Waals surface area contributed by atoms with Crippen LogP contribution in [0.25, 0.3) is 0 Å². The molecule has 5 nitrogen and oxygen atoms in total. The van der Waals surface area contributed by atoms with E-state index in [2.05, 4.69) is 15.6 Å². The summed E-state index contributed by atoms with van der Waals surface area (Å²) in [6, 6.07) is 20.5. The molecule has 0 aliphatic heterocycles. The van der Waals surface area contributed by atoms with Crippen LogP contribution in [0.1, 0.15) is 17.3 Å². The average Bonchev–Trinajstić information content (AvgIpc) is 2.70. The van der Waals surface area contributed by atoms with E-state index in [0.717, 1.165) is 11.3 Å². The number of methoxy groups -OCH3 is 1. The van der Waals surface area contributed by atoms with Crippen molar-refractivity contribution in [1.82, 2.24) is 10.3 Å². The highest BCUT2D eigenvalue weighted by atomic mass is 35.5. The summed E-state index contributed by atoms with van der Waals surface area (Å²) in [5.74, 6) is 0.351. The molecule has 2 aromatic carbocycles. The zero-order chi connectivity index (χ0) is 19.1. The molecule has 27 heavy (non-hydrogen) atoms. The van der Waals surface area contributed by atoms with E-state index < -0.39 is 0 Å². The predicted molar refractivity (Wildman–Crippen MR) is 107 cm³/mol. The molecule has 3 rings (SSSR count). The Morgan fingerprint density at radius 1 is 1.11 bits per heavy atom. The van der Waals surface area contributed by atoms with E-state index in [1.807, 2.05) is 48.5 Å². The number of amides is 1. The second-order valence-electron chi connectivity index (χ2n) is 5.87. The summed E-state index contributed by atoms with van der Waals surface area (Å²) in [4.78, 5) is 16.9. The van der Waals surface area contributed by atoms with Gasteiger partial charge in [-0.05, 0) is 35.9 Å². The van der Waals surface area contributed by atoms with E-state index in [9.17, 15) is 4.79 Å². The minimum atomic E-state index is -0.201. The summed E-state index contributed by atoms with van der Waals surface area (Å²) in [6.45, 7) is 0.103. The minimum absolute atomic E-state index is 0.103. The highest BCUT2D eigenvalue weighted by molar-refractivity contribution is 6.31. The molecule has 1 unspecified atom stereocenters. The molecule has 1 heterocycles. The fourth-order valence-corrected chi connectivity index (χ4v) is 2.92. The molecule has 0 fully saturated rings. The average molecular weight is 382 g/mol. The maximum absolute atomic E-state index is 12.5. The van der Waals surface area contributed by atoms with Gasteiger partial charge < -0.3 is 10.1 Å². The van der Waals surface area contributed by atoms with Gasteiger partial charge in [0.15, 0.2) is 0 Å². The molecule has 1 amide bonds. The molecule has 1 atom stereocenters. The Morgan fingerprint density at radius 3 is 2.59 bits per heavy atom. The lowest BCUT2D eigenvalue weighted by Crippen LogP contribution is -2.32. The van der Waals surface area contributed by atoms with Crippen LogP contribution in [-0.4, -0.2) is 24.5 Å². The molecule has 0 aliphatic carbocycles. The number of benzene rings is 2. The maximum atomic E-state index is 12.5. The summed E-state index contributed by atoms with van der Waals surface area (Å²) in [5, 5.41) is 6.63. The van der Waals surface area contributed by atoms with Crippen LogP contribution in [0.2, 0.25) is 5.02 Å². The van der Waals surface area contributed by atoms with Crippen molar-refractivity contribution in [2.75, 3.05) is 19.0 Å². The van der Waals surface area contributed by atoms with E-state index in [4.69, 9.17) is 16.3 Å². The number of ether oxygens (including phenoxy) is 1. The lowest BCUT2D eigenvalue weighted by molar-refractivity contribution is -0.115. The number of nitrogens with one attached hydrogen (secondary N) is 2.